The van der Waals surface area contributed by atoms with Gasteiger partial charge in [-0.25, -0.2) is 0 Å². The van der Waals surface area contributed by atoms with E-state index < -0.39 is 6.04 Å². The lowest BCUT2D eigenvalue weighted by Crippen LogP contribution is -2.50. The fourth-order valence-electron chi connectivity index (χ4n) is 2.76. The van der Waals surface area contributed by atoms with Crippen molar-refractivity contribution in [3.8, 4) is 5.75 Å². The Morgan fingerprint density at radius 2 is 1.83 bits per heavy atom. The number of halogens is 1. The zero-order valence-corrected chi connectivity index (χ0v) is 18.2. The quantitative estimate of drug-likeness (QED) is 0.660. The summed E-state index contributed by atoms with van der Waals surface area (Å²) >= 11 is 6.04. The molecule has 2 rings (SSSR count). The Morgan fingerprint density at radius 3 is 2.45 bits per heavy atom. The molecule has 0 aliphatic carbocycles. The lowest BCUT2D eigenvalue weighted by molar-refractivity contribution is -0.142. The summed E-state index contributed by atoms with van der Waals surface area (Å²) in [6.07, 6.45) is 0.824. The van der Waals surface area contributed by atoms with Crippen molar-refractivity contribution in [1.29, 1.82) is 0 Å². The highest BCUT2D eigenvalue weighted by molar-refractivity contribution is 6.31. The highest BCUT2D eigenvalue weighted by Crippen LogP contribution is 2.21. The number of benzene rings is 2. The molecule has 0 aliphatic rings. The number of rotatable bonds is 9. The lowest BCUT2D eigenvalue weighted by Gasteiger charge is -2.29. The van der Waals surface area contributed by atoms with E-state index in [4.69, 9.17) is 16.3 Å². The van der Waals surface area contributed by atoms with Gasteiger partial charge in [-0.05, 0) is 56.5 Å². The van der Waals surface area contributed by atoms with Crippen molar-refractivity contribution in [3.05, 3.63) is 64.7 Å². The van der Waals surface area contributed by atoms with Crippen LogP contribution in [0.1, 0.15) is 38.3 Å². The van der Waals surface area contributed by atoms with Gasteiger partial charge in [-0.15, -0.1) is 0 Å². The first-order chi connectivity index (χ1) is 13.8. The maximum Gasteiger partial charge on any atom is 0.261 e. The molecule has 2 aromatic carbocycles. The normalized spacial score (nSPS) is 12.7. The Bertz CT molecular complexity index is 826. The van der Waals surface area contributed by atoms with Gasteiger partial charge in [0, 0.05) is 17.6 Å². The van der Waals surface area contributed by atoms with Crippen LogP contribution in [0.4, 0.5) is 0 Å². The highest BCUT2D eigenvalue weighted by atomic mass is 35.5. The van der Waals surface area contributed by atoms with Crippen LogP contribution in [0.15, 0.2) is 48.5 Å². The average molecular weight is 417 g/mol. The average Bonchev–Trinajstić information content (AvgIpc) is 2.72. The molecule has 0 saturated heterocycles. The van der Waals surface area contributed by atoms with Crippen molar-refractivity contribution < 1.29 is 14.3 Å². The van der Waals surface area contributed by atoms with E-state index in [0.29, 0.717) is 17.3 Å². The van der Waals surface area contributed by atoms with E-state index in [1.807, 2.05) is 51.1 Å². The van der Waals surface area contributed by atoms with Crippen LogP contribution in [0, 0.1) is 6.92 Å². The van der Waals surface area contributed by atoms with Crippen LogP contribution in [-0.4, -0.2) is 35.4 Å². The summed E-state index contributed by atoms with van der Waals surface area (Å²) in [5, 5.41) is 3.59. The van der Waals surface area contributed by atoms with Crippen molar-refractivity contribution in [3.63, 3.8) is 0 Å². The number of hydrogen-bond acceptors (Lipinski definition) is 3. The lowest BCUT2D eigenvalue weighted by atomic mass is 10.1. The van der Waals surface area contributed by atoms with Gasteiger partial charge in [-0.3, -0.25) is 9.59 Å². The number of nitrogens with one attached hydrogen (secondary N) is 1. The van der Waals surface area contributed by atoms with E-state index in [1.165, 1.54) is 0 Å². The fraction of sp³-hybridized carbons (Fsp3) is 0.391. The number of carbonyl (C=O) groups is 2. The van der Waals surface area contributed by atoms with Gasteiger partial charge in [-0.2, -0.15) is 0 Å². The first kappa shape index (κ1) is 22.8. The standard InChI is InChI=1S/C23H29ClN2O3/c1-5-17(3)25-23(28)18(4)26(14-19-9-7-6-8-10-19)22(27)15-29-20-11-12-21(24)16(2)13-20/h6-13,17-18H,5,14-15H2,1-4H3,(H,25,28)/t17-,18+/m0/s1. The molecule has 0 saturated carbocycles. The van der Waals surface area contributed by atoms with Crippen LogP contribution >= 0.6 is 11.6 Å². The van der Waals surface area contributed by atoms with Crippen molar-refractivity contribution in [2.75, 3.05) is 6.61 Å². The molecule has 0 aliphatic heterocycles. The van der Waals surface area contributed by atoms with Gasteiger partial charge in [0.2, 0.25) is 5.91 Å². The molecule has 0 bridgehead atoms. The van der Waals surface area contributed by atoms with Crippen molar-refractivity contribution >= 4 is 23.4 Å². The third-order valence-corrected chi connectivity index (χ3v) is 5.28. The molecule has 0 fully saturated rings. The van der Waals surface area contributed by atoms with E-state index in [1.54, 1.807) is 30.0 Å². The maximum atomic E-state index is 13.0. The van der Waals surface area contributed by atoms with Crippen LogP contribution in [0.25, 0.3) is 0 Å². The molecule has 2 atom stereocenters. The largest absolute Gasteiger partial charge is 0.484 e. The van der Waals surface area contributed by atoms with Crippen LogP contribution in [-0.2, 0) is 16.1 Å². The Kier molecular flexibility index (Phi) is 8.52. The van der Waals surface area contributed by atoms with Gasteiger partial charge in [0.15, 0.2) is 6.61 Å². The molecular formula is C23H29ClN2O3. The van der Waals surface area contributed by atoms with E-state index >= 15 is 0 Å². The number of aryl methyl sites for hydroxylation is 1. The summed E-state index contributed by atoms with van der Waals surface area (Å²) < 4.78 is 5.67. The predicted octanol–water partition coefficient (Wildman–Crippen LogP) is 4.36. The van der Waals surface area contributed by atoms with Crippen LogP contribution in [0.3, 0.4) is 0 Å². The molecule has 2 amide bonds. The predicted molar refractivity (Wildman–Crippen MR) is 116 cm³/mol. The topological polar surface area (TPSA) is 58.6 Å². The third-order valence-electron chi connectivity index (χ3n) is 4.86. The van der Waals surface area contributed by atoms with Crippen molar-refractivity contribution in [2.45, 2.75) is 52.7 Å². The molecule has 0 radical (unpaired) electrons. The molecule has 2 aromatic rings. The Balaban J connectivity index is 2.12. The molecule has 0 spiro atoms. The van der Waals surface area contributed by atoms with Crippen molar-refractivity contribution in [2.24, 2.45) is 0 Å². The second kappa shape index (κ2) is 10.9. The number of nitrogens with zero attached hydrogens (tertiary/aromatic N) is 1. The number of ether oxygens (including phenoxy) is 1. The van der Waals surface area contributed by atoms with E-state index in [9.17, 15) is 9.59 Å². The molecule has 1 N–H and O–H groups in total. The number of hydrogen-bond donors (Lipinski definition) is 1. The minimum Gasteiger partial charge on any atom is -0.484 e. The zero-order chi connectivity index (χ0) is 21.4. The SMILES string of the molecule is CC[C@H](C)NC(=O)[C@@H](C)N(Cc1ccccc1)C(=O)COc1ccc(Cl)c(C)c1. The number of amides is 2. The van der Waals surface area contributed by atoms with Crippen LogP contribution < -0.4 is 10.1 Å². The Morgan fingerprint density at radius 1 is 1.14 bits per heavy atom. The number of carbonyl (C=O) groups excluding carboxylic acids is 2. The second-order valence-corrected chi connectivity index (χ2v) is 7.61. The molecule has 29 heavy (non-hydrogen) atoms. The first-order valence-corrected chi connectivity index (χ1v) is 10.2. The van der Waals surface area contributed by atoms with Gasteiger partial charge >= 0.3 is 0 Å². The van der Waals surface area contributed by atoms with Gasteiger partial charge in [-0.1, -0.05) is 48.9 Å². The highest BCUT2D eigenvalue weighted by Gasteiger charge is 2.27. The molecule has 156 valence electrons. The summed E-state index contributed by atoms with van der Waals surface area (Å²) in [6, 6.07) is 14.3. The minimum atomic E-state index is -0.618. The maximum absolute atomic E-state index is 13.0. The van der Waals surface area contributed by atoms with Crippen LogP contribution in [0.5, 0.6) is 5.75 Å². The van der Waals surface area contributed by atoms with Gasteiger partial charge in [0.05, 0.1) is 0 Å². The van der Waals surface area contributed by atoms with Crippen LogP contribution in [0.2, 0.25) is 5.02 Å². The Hall–Kier alpha value is -2.53. The molecule has 0 unspecified atom stereocenters. The molecule has 5 nitrogen and oxygen atoms in total. The zero-order valence-electron chi connectivity index (χ0n) is 17.4. The summed E-state index contributed by atoms with van der Waals surface area (Å²) in [5.41, 5.74) is 1.82. The summed E-state index contributed by atoms with van der Waals surface area (Å²) in [6.45, 7) is 7.74. The third kappa shape index (κ3) is 6.79. The van der Waals surface area contributed by atoms with E-state index in [-0.39, 0.29) is 24.5 Å². The first-order valence-electron chi connectivity index (χ1n) is 9.84. The second-order valence-electron chi connectivity index (χ2n) is 7.20. The summed E-state index contributed by atoms with van der Waals surface area (Å²) in [5.74, 6) is 0.135. The summed E-state index contributed by atoms with van der Waals surface area (Å²) in [7, 11) is 0. The van der Waals surface area contributed by atoms with E-state index in [0.717, 1.165) is 17.5 Å². The van der Waals surface area contributed by atoms with E-state index in [2.05, 4.69) is 5.32 Å². The van der Waals surface area contributed by atoms with Gasteiger partial charge in [0.25, 0.3) is 5.91 Å². The molecule has 0 heterocycles. The molecule has 6 heteroatoms. The fourth-order valence-corrected chi connectivity index (χ4v) is 2.88. The summed E-state index contributed by atoms with van der Waals surface area (Å²) in [4.78, 5) is 27.2. The molecular weight excluding hydrogens is 388 g/mol. The van der Waals surface area contributed by atoms with Gasteiger partial charge < -0.3 is 15.0 Å². The van der Waals surface area contributed by atoms with Gasteiger partial charge in [0.1, 0.15) is 11.8 Å². The minimum absolute atomic E-state index is 0.0481. The smallest absolute Gasteiger partial charge is 0.261 e. The monoisotopic (exact) mass is 416 g/mol. The Labute approximate surface area is 178 Å². The van der Waals surface area contributed by atoms with Crippen molar-refractivity contribution in [1.82, 2.24) is 10.2 Å². The molecule has 0 aromatic heterocycles.